The molecular weight excluding hydrogens is 380 g/mol. The van der Waals surface area contributed by atoms with Gasteiger partial charge in [0.15, 0.2) is 5.69 Å². The van der Waals surface area contributed by atoms with Crippen molar-refractivity contribution in [3.63, 3.8) is 0 Å². The van der Waals surface area contributed by atoms with Gasteiger partial charge in [-0.3, -0.25) is 14.4 Å². The Labute approximate surface area is 174 Å². The molecule has 7 heteroatoms. The number of nitrogens with one attached hydrogen (secondary N) is 2. The highest BCUT2D eigenvalue weighted by Crippen LogP contribution is 2.22. The maximum absolute atomic E-state index is 13.2. The Balaban J connectivity index is 1.71. The van der Waals surface area contributed by atoms with Crippen LogP contribution in [-0.2, 0) is 6.54 Å². The van der Waals surface area contributed by atoms with Crippen molar-refractivity contribution in [3.8, 4) is 0 Å². The molecule has 0 bridgehead atoms. The average Bonchev–Trinajstić information content (AvgIpc) is 3.54. The SMILES string of the molecule is CC(C)Cn1nc(C(=O)Nc2ccccc2C(=O)NC2CC2)c2ccccc2c1=O. The fourth-order valence-corrected chi connectivity index (χ4v) is 3.33. The monoisotopic (exact) mass is 404 g/mol. The summed E-state index contributed by atoms with van der Waals surface area (Å²) in [5.74, 6) is -0.481. The van der Waals surface area contributed by atoms with Gasteiger partial charge in [0.25, 0.3) is 17.4 Å². The summed E-state index contributed by atoms with van der Waals surface area (Å²) in [5, 5.41) is 11.0. The lowest BCUT2D eigenvalue weighted by molar-refractivity contribution is 0.0952. The highest BCUT2D eigenvalue weighted by molar-refractivity contribution is 6.13. The molecule has 7 nitrogen and oxygen atoms in total. The number of aromatic nitrogens is 2. The van der Waals surface area contributed by atoms with Crippen LogP contribution < -0.4 is 16.2 Å². The van der Waals surface area contributed by atoms with Crippen LogP contribution >= 0.6 is 0 Å². The summed E-state index contributed by atoms with van der Waals surface area (Å²) in [7, 11) is 0. The number of nitrogens with zero attached hydrogens (tertiary/aromatic N) is 2. The molecule has 0 saturated heterocycles. The molecule has 1 heterocycles. The lowest BCUT2D eigenvalue weighted by atomic mass is 10.1. The Bertz CT molecular complexity index is 1180. The molecule has 0 radical (unpaired) electrons. The number of amides is 2. The summed E-state index contributed by atoms with van der Waals surface area (Å²) in [6.07, 6.45) is 1.96. The van der Waals surface area contributed by atoms with Crippen molar-refractivity contribution in [3.05, 3.63) is 70.1 Å². The largest absolute Gasteiger partial charge is 0.349 e. The van der Waals surface area contributed by atoms with Crippen LogP contribution in [0, 0.1) is 5.92 Å². The first kappa shape index (κ1) is 19.8. The van der Waals surface area contributed by atoms with Crippen molar-refractivity contribution in [2.75, 3.05) is 5.32 Å². The van der Waals surface area contributed by atoms with Gasteiger partial charge >= 0.3 is 0 Å². The maximum atomic E-state index is 13.2. The Hall–Kier alpha value is -3.48. The van der Waals surface area contributed by atoms with Crippen LogP contribution in [0.25, 0.3) is 10.8 Å². The molecule has 0 atom stereocenters. The zero-order valence-corrected chi connectivity index (χ0v) is 17.0. The van der Waals surface area contributed by atoms with E-state index in [1.165, 1.54) is 4.68 Å². The topological polar surface area (TPSA) is 93.1 Å². The van der Waals surface area contributed by atoms with Crippen LogP contribution in [0.3, 0.4) is 0 Å². The second-order valence-electron chi connectivity index (χ2n) is 8.02. The molecular formula is C23H24N4O3. The van der Waals surface area contributed by atoms with E-state index in [2.05, 4.69) is 15.7 Å². The molecule has 2 aromatic carbocycles. The molecule has 1 aromatic heterocycles. The molecule has 1 saturated carbocycles. The van der Waals surface area contributed by atoms with Gasteiger partial charge in [0, 0.05) is 18.0 Å². The molecule has 0 unspecified atom stereocenters. The summed E-state index contributed by atoms with van der Waals surface area (Å²) in [6, 6.07) is 14.0. The van der Waals surface area contributed by atoms with Crippen molar-refractivity contribution < 1.29 is 9.59 Å². The smallest absolute Gasteiger partial charge is 0.276 e. The standard InChI is InChI=1S/C23H24N4O3/c1-14(2)13-27-23(30)17-8-4-3-7-16(17)20(26-27)22(29)25-19-10-6-5-9-18(19)21(28)24-15-11-12-15/h3-10,14-15H,11-13H2,1-2H3,(H,24,28)(H,25,29). The summed E-state index contributed by atoms with van der Waals surface area (Å²) in [6.45, 7) is 4.37. The van der Waals surface area contributed by atoms with E-state index >= 15 is 0 Å². The second-order valence-corrected chi connectivity index (χ2v) is 8.02. The fraction of sp³-hybridized carbons (Fsp3) is 0.304. The number of rotatable bonds is 6. The van der Waals surface area contributed by atoms with E-state index in [1.54, 1.807) is 48.5 Å². The van der Waals surface area contributed by atoms with Crippen LogP contribution in [0.1, 0.15) is 47.5 Å². The minimum Gasteiger partial charge on any atom is -0.349 e. The average molecular weight is 404 g/mol. The van der Waals surface area contributed by atoms with Gasteiger partial charge in [-0.15, -0.1) is 0 Å². The third-order valence-electron chi connectivity index (χ3n) is 4.95. The molecule has 1 fully saturated rings. The van der Waals surface area contributed by atoms with Gasteiger partial charge in [0.1, 0.15) is 0 Å². The minimum absolute atomic E-state index is 0.156. The Morgan fingerprint density at radius 2 is 1.70 bits per heavy atom. The molecule has 1 aliphatic carbocycles. The molecule has 0 aliphatic heterocycles. The summed E-state index contributed by atoms with van der Waals surface area (Å²) < 4.78 is 1.34. The number of para-hydroxylation sites is 1. The van der Waals surface area contributed by atoms with Crippen molar-refractivity contribution in [2.24, 2.45) is 5.92 Å². The van der Waals surface area contributed by atoms with Crippen LogP contribution in [0.15, 0.2) is 53.3 Å². The van der Waals surface area contributed by atoms with Crippen molar-refractivity contribution in [1.29, 1.82) is 0 Å². The molecule has 1 aliphatic rings. The van der Waals surface area contributed by atoms with Gasteiger partial charge in [-0.2, -0.15) is 5.10 Å². The highest BCUT2D eigenvalue weighted by atomic mass is 16.2. The van der Waals surface area contributed by atoms with Gasteiger partial charge in [0.2, 0.25) is 0 Å². The number of fused-ring (bicyclic) bond motifs is 1. The van der Waals surface area contributed by atoms with Crippen molar-refractivity contribution in [2.45, 2.75) is 39.3 Å². The first-order valence-electron chi connectivity index (χ1n) is 10.1. The Kier molecular flexibility index (Phi) is 5.35. The number of anilines is 1. The van der Waals surface area contributed by atoms with Crippen LogP contribution in [0.2, 0.25) is 0 Å². The Morgan fingerprint density at radius 1 is 1.03 bits per heavy atom. The van der Waals surface area contributed by atoms with Crippen LogP contribution in [0.5, 0.6) is 0 Å². The van der Waals surface area contributed by atoms with Crippen molar-refractivity contribution >= 4 is 28.3 Å². The summed E-state index contributed by atoms with van der Waals surface area (Å²) >= 11 is 0. The third-order valence-corrected chi connectivity index (χ3v) is 4.95. The maximum Gasteiger partial charge on any atom is 0.276 e. The fourth-order valence-electron chi connectivity index (χ4n) is 3.33. The normalized spacial score (nSPS) is 13.4. The number of carbonyl (C=O) groups is 2. The van der Waals surface area contributed by atoms with Gasteiger partial charge in [-0.25, -0.2) is 4.68 Å². The van der Waals surface area contributed by atoms with Gasteiger partial charge in [-0.05, 0) is 37.0 Å². The first-order chi connectivity index (χ1) is 14.4. The van der Waals surface area contributed by atoms with E-state index in [0.29, 0.717) is 28.6 Å². The van der Waals surface area contributed by atoms with Crippen molar-refractivity contribution in [1.82, 2.24) is 15.1 Å². The molecule has 30 heavy (non-hydrogen) atoms. The second kappa shape index (κ2) is 8.10. The number of hydrogen-bond acceptors (Lipinski definition) is 4. The lowest BCUT2D eigenvalue weighted by Gasteiger charge is -2.14. The molecule has 3 aromatic rings. The summed E-state index contributed by atoms with van der Waals surface area (Å²) in [5.41, 5.74) is 0.744. The molecule has 4 rings (SSSR count). The summed E-state index contributed by atoms with van der Waals surface area (Å²) in [4.78, 5) is 38.5. The molecule has 154 valence electrons. The van der Waals surface area contributed by atoms with E-state index in [-0.39, 0.29) is 29.1 Å². The van der Waals surface area contributed by atoms with Crippen LogP contribution in [-0.4, -0.2) is 27.6 Å². The predicted octanol–water partition coefficient (Wildman–Crippen LogP) is 3.20. The highest BCUT2D eigenvalue weighted by Gasteiger charge is 2.25. The zero-order chi connectivity index (χ0) is 21.3. The number of benzene rings is 2. The Morgan fingerprint density at radius 3 is 2.40 bits per heavy atom. The van der Waals surface area contributed by atoms with E-state index in [9.17, 15) is 14.4 Å². The molecule has 2 amide bonds. The van der Waals surface area contributed by atoms with Gasteiger partial charge in [-0.1, -0.05) is 44.2 Å². The van der Waals surface area contributed by atoms with Gasteiger partial charge < -0.3 is 10.6 Å². The first-order valence-corrected chi connectivity index (χ1v) is 10.1. The van der Waals surface area contributed by atoms with E-state index < -0.39 is 5.91 Å². The quantitative estimate of drug-likeness (QED) is 0.660. The third kappa shape index (κ3) is 4.10. The lowest BCUT2D eigenvalue weighted by Crippen LogP contribution is -2.30. The molecule has 2 N–H and O–H groups in total. The van der Waals surface area contributed by atoms with E-state index in [1.807, 2.05) is 13.8 Å². The zero-order valence-electron chi connectivity index (χ0n) is 17.0. The van der Waals surface area contributed by atoms with E-state index in [0.717, 1.165) is 12.8 Å². The number of carbonyl (C=O) groups excluding carboxylic acids is 2. The predicted molar refractivity (Wildman–Crippen MR) is 116 cm³/mol. The number of hydrogen-bond donors (Lipinski definition) is 2. The van der Waals surface area contributed by atoms with E-state index in [4.69, 9.17) is 0 Å². The van der Waals surface area contributed by atoms with Crippen LogP contribution in [0.4, 0.5) is 5.69 Å². The molecule has 0 spiro atoms. The van der Waals surface area contributed by atoms with Gasteiger partial charge in [0.05, 0.1) is 16.6 Å². The minimum atomic E-state index is -0.463.